The molecule has 136 valence electrons. The van der Waals surface area contributed by atoms with E-state index in [0.29, 0.717) is 0 Å². The standard InChI is InChI=1S/C23H29N3/c1-19-9-10-23(21(3)15-19)18-25-11-13-26(14-12-25)24-17-20(2)16-22-7-5-4-6-8-22/h4-10,15-17H,11-14,18H2,1-3H3. The quantitative estimate of drug-likeness (QED) is 0.741. The highest BCUT2D eigenvalue weighted by atomic mass is 15.5. The number of piperazine rings is 1. The zero-order chi connectivity index (χ0) is 18.4. The molecule has 26 heavy (non-hydrogen) atoms. The first-order chi connectivity index (χ1) is 12.6. The predicted octanol–water partition coefficient (Wildman–Crippen LogP) is 4.51. The van der Waals surface area contributed by atoms with Crippen LogP contribution in [0, 0.1) is 13.8 Å². The number of aryl methyl sites for hydroxylation is 2. The average Bonchev–Trinajstić information content (AvgIpc) is 2.64. The molecule has 0 radical (unpaired) electrons. The van der Waals surface area contributed by atoms with Gasteiger partial charge in [0, 0.05) is 38.9 Å². The van der Waals surface area contributed by atoms with Gasteiger partial charge in [-0.25, -0.2) is 0 Å². The summed E-state index contributed by atoms with van der Waals surface area (Å²) in [5.41, 5.74) is 6.56. The van der Waals surface area contributed by atoms with Crippen LogP contribution in [0.15, 0.2) is 59.2 Å². The van der Waals surface area contributed by atoms with Crippen molar-refractivity contribution in [3.05, 3.63) is 76.4 Å². The van der Waals surface area contributed by atoms with Crippen LogP contribution in [0.4, 0.5) is 0 Å². The van der Waals surface area contributed by atoms with Gasteiger partial charge in [-0.2, -0.15) is 5.10 Å². The van der Waals surface area contributed by atoms with Crippen LogP contribution in [-0.4, -0.2) is 42.3 Å². The molecule has 2 aromatic rings. The Labute approximate surface area is 157 Å². The third-order valence-electron chi connectivity index (χ3n) is 4.86. The first-order valence-corrected chi connectivity index (χ1v) is 9.41. The summed E-state index contributed by atoms with van der Waals surface area (Å²) >= 11 is 0. The number of rotatable bonds is 5. The highest BCUT2D eigenvalue weighted by molar-refractivity contribution is 5.84. The number of hydrogen-bond acceptors (Lipinski definition) is 3. The maximum Gasteiger partial charge on any atom is 0.0499 e. The van der Waals surface area contributed by atoms with Crippen LogP contribution in [0.2, 0.25) is 0 Å². The van der Waals surface area contributed by atoms with Gasteiger partial charge in [0.2, 0.25) is 0 Å². The van der Waals surface area contributed by atoms with Crippen LogP contribution in [0.25, 0.3) is 6.08 Å². The van der Waals surface area contributed by atoms with Gasteiger partial charge in [0.1, 0.15) is 0 Å². The summed E-state index contributed by atoms with van der Waals surface area (Å²) in [6.07, 6.45) is 4.15. The molecule has 0 unspecified atom stereocenters. The zero-order valence-electron chi connectivity index (χ0n) is 16.2. The van der Waals surface area contributed by atoms with E-state index in [1.54, 1.807) is 0 Å². The molecule has 1 saturated heterocycles. The van der Waals surface area contributed by atoms with E-state index in [0.717, 1.165) is 32.7 Å². The fraction of sp³-hybridized carbons (Fsp3) is 0.348. The van der Waals surface area contributed by atoms with Gasteiger partial charge < -0.3 is 0 Å². The molecule has 2 aromatic carbocycles. The van der Waals surface area contributed by atoms with Crippen LogP contribution in [0.3, 0.4) is 0 Å². The zero-order valence-corrected chi connectivity index (χ0v) is 16.2. The molecule has 3 heteroatoms. The summed E-state index contributed by atoms with van der Waals surface area (Å²) in [4.78, 5) is 2.52. The predicted molar refractivity (Wildman–Crippen MR) is 111 cm³/mol. The third kappa shape index (κ3) is 5.30. The van der Waals surface area contributed by atoms with Crippen LogP contribution in [-0.2, 0) is 6.54 Å². The molecule has 0 spiro atoms. The summed E-state index contributed by atoms with van der Waals surface area (Å²) < 4.78 is 0. The van der Waals surface area contributed by atoms with Crippen LogP contribution in [0.1, 0.15) is 29.2 Å². The lowest BCUT2D eigenvalue weighted by Gasteiger charge is -2.33. The maximum absolute atomic E-state index is 4.66. The van der Waals surface area contributed by atoms with E-state index in [1.165, 1.54) is 27.8 Å². The number of benzene rings is 2. The van der Waals surface area contributed by atoms with E-state index < -0.39 is 0 Å². The highest BCUT2D eigenvalue weighted by Crippen LogP contribution is 2.14. The van der Waals surface area contributed by atoms with Crippen molar-refractivity contribution >= 4 is 12.3 Å². The molecule has 0 amide bonds. The van der Waals surface area contributed by atoms with Gasteiger partial charge in [-0.1, -0.05) is 60.2 Å². The highest BCUT2D eigenvalue weighted by Gasteiger charge is 2.16. The van der Waals surface area contributed by atoms with Crippen molar-refractivity contribution in [2.75, 3.05) is 26.2 Å². The van der Waals surface area contributed by atoms with Gasteiger partial charge in [0.25, 0.3) is 0 Å². The monoisotopic (exact) mass is 347 g/mol. The van der Waals surface area contributed by atoms with Crippen LogP contribution < -0.4 is 0 Å². The van der Waals surface area contributed by atoms with Crippen molar-refractivity contribution in [3.8, 4) is 0 Å². The molecule has 3 nitrogen and oxygen atoms in total. The summed E-state index contributed by atoms with van der Waals surface area (Å²) in [6, 6.07) is 17.1. The lowest BCUT2D eigenvalue weighted by atomic mass is 10.1. The Morgan fingerprint density at radius 2 is 1.73 bits per heavy atom. The molecule has 1 aliphatic heterocycles. The summed E-state index contributed by atoms with van der Waals surface area (Å²) in [7, 11) is 0. The first-order valence-electron chi connectivity index (χ1n) is 9.41. The summed E-state index contributed by atoms with van der Waals surface area (Å²) in [5, 5.41) is 6.84. The smallest absolute Gasteiger partial charge is 0.0499 e. The fourth-order valence-electron chi connectivity index (χ4n) is 3.30. The molecule has 0 atom stereocenters. The Bertz CT molecular complexity index is 769. The Kier molecular flexibility index (Phi) is 6.24. The van der Waals surface area contributed by atoms with E-state index in [-0.39, 0.29) is 0 Å². The minimum Gasteiger partial charge on any atom is -0.295 e. The lowest BCUT2D eigenvalue weighted by Crippen LogP contribution is -2.43. The Balaban J connectivity index is 1.50. The van der Waals surface area contributed by atoms with Crippen molar-refractivity contribution < 1.29 is 0 Å². The molecule has 3 rings (SSSR count). The van der Waals surface area contributed by atoms with Crippen molar-refractivity contribution in [1.82, 2.24) is 9.91 Å². The van der Waals surface area contributed by atoms with E-state index in [1.807, 2.05) is 12.3 Å². The van der Waals surface area contributed by atoms with Gasteiger partial charge in [-0.05, 0) is 43.0 Å². The molecular weight excluding hydrogens is 318 g/mol. The van der Waals surface area contributed by atoms with Gasteiger partial charge in [0.05, 0.1) is 0 Å². The summed E-state index contributed by atoms with van der Waals surface area (Å²) in [5.74, 6) is 0. The number of nitrogens with zero attached hydrogens (tertiary/aromatic N) is 3. The Morgan fingerprint density at radius 1 is 1.00 bits per heavy atom. The molecule has 0 bridgehead atoms. The lowest BCUT2D eigenvalue weighted by molar-refractivity contribution is 0.131. The average molecular weight is 348 g/mol. The largest absolute Gasteiger partial charge is 0.295 e. The molecule has 1 heterocycles. The number of hydrogen-bond donors (Lipinski definition) is 0. The van der Waals surface area contributed by atoms with Crippen molar-refractivity contribution in [1.29, 1.82) is 0 Å². The molecular formula is C23H29N3. The van der Waals surface area contributed by atoms with Crippen LogP contribution in [0.5, 0.6) is 0 Å². The normalized spacial score (nSPS) is 16.4. The molecule has 1 aliphatic rings. The van der Waals surface area contributed by atoms with Gasteiger partial charge in [0.15, 0.2) is 0 Å². The van der Waals surface area contributed by atoms with Crippen molar-refractivity contribution in [2.24, 2.45) is 5.10 Å². The van der Waals surface area contributed by atoms with Crippen molar-refractivity contribution in [2.45, 2.75) is 27.3 Å². The molecule has 0 aromatic heterocycles. The minimum atomic E-state index is 0.986. The Hall–Kier alpha value is -2.39. The molecule has 0 N–H and O–H groups in total. The third-order valence-corrected chi connectivity index (χ3v) is 4.86. The SMILES string of the molecule is CC(C=NN1CCN(Cc2ccc(C)cc2C)CC1)=Cc1ccccc1. The molecule has 1 fully saturated rings. The van der Waals surface area contributed by atoms with Gasteiger partial charge >= 0.3 is 0 Å². The van der Waals surface area contributed by atoms with Crippen molar-refractivity contribution in [3.63, 3.8) is 0 Å². The molecule has 0 aliphatic carbocycles. The summed E-state index contributed by atoms with van der Waals surface area (Å²) in [6.45, 7) is 11.6. The fourth-order valence-corrected chi connectivity index (χ4v) is 3.30. The van der Waals surface area contributed by atoms with Gasteiger partial charge in [-0.15, -0.1) is 0 Å². The molecule has 0 saturated carbocycles. The Morgan fingerprint density at radius 3 is 2.42 bits per heavy atom. The van der Waals surface area contributed by atoms with E-state index >= 15 is 0 Å². The van der Waals surface area contributed by atoms with E-state index in [2.05, 4.69) is 84.3 Å². The van der Waals surface area contributed by atoms with Gasteiger partial charge in [-0.3, -0.25) is 9.91 Å². The van der Waals surface area contributed by atoms with E-state index in [4.69, 9.17) is 0 Å². The second kappa shape index (κ2) is 8.81. The van der Waals surface area contributed by atoms with Crippen LogP contribution >= 0.6 is 0 Å². The number of allylic oxidation sites excluding steroid dienone is 1. The maximum atomic E-state index is 4.66. The van der Waals surface area contributed by atoms with E-state index in [9.17, 15) is 0 Å². The second-order valence-corrected chi connectivity index (χ2v) is 7.20. The first kappa shape index (κ1) is 18.4. The second-order valence-electron chi connectivity index (χ2n) is 7.20. The topological polar surface area (TPSA) is 18.8 Å². The minimum absolute atomic E-state index is 0.986. The number of hydrazone groups is 1.